The van der Waals surface area contributed by atoms with E-state index in [0.29, 0.717) is 30.6 Å². The summed E-state index contributed by atoms with van der Waals surface area (Å²) in [6.07, 6.45) is 5.40. The molecule has 0 bridgehead atoms. The molecule has 9 nitrogen and oxygen atoms in total. The Bertz CT molecular complexity index is 754. The molecule has 0 saturated carbocycles. The number of nitrogens with one attached hydrogen (secondary N) is 1. The van der Waals surface area contributed by atoms with Crippen molar-refractivity contribution in [1.82, 2.24) is 9.88 Å². The summed E-state index contributed by atoms with van der Waals surface area (Å²) in [7, 11) is 2.17. The predicted octanol–water partition coefficient (Wildman–Crippen LogP) is 2.53. The van der Waals surface area contributed by atoms with Crippen LogP contribution in [0.25, 0.3) is 0 Å². The average molecular weight is 470 g/mol. The van der Waals surface area contributed by atoms with Gasteiger partial charge in [-0.25, -0.2) is 9.78 Å². The third-order valence-electron chi connectivity index (χ3n) is 5.33. The molecule has 0 spiro atoms. The monoisotopic (exact) mass is 469 g/mol. The molecule has 180 valence electrons. The number of amides is 1. The van der Waals surface area contributed by atoms with Crippen LogP contribution in [-0.2, 0) is 36.7 Å². The van der Waals surface area contributed by atoms with Crippen LogP contribution in [0.1, 0.15) is 56.0 Å². The SMILES string of the molecule is CCCN(C)[C@H]1CCc2nc(NC(=O)CCC(=O)CCCOCCOCC(=O)O)sc2C1. The standard InChI is InChI=1S/C22H35N3O6S/c1-3-10-25(2)16-6-8-18-19(14-16)32-22(23-18)24-20(27)9-7-17(26)5-4-11-30-12-13-31-15-21(28)29/h16H,3-15H2,1-2H3,(H,28,29)(H,23,24,27)/t16-/m0/s1. The number of likely N-dealkylation sites (N-methyl/N-ethyl adjacent to an activating group) is 1. The van der Waals surface area contributed by atoms with Crippen molar-refractivity contribution in [3.63, 3.8) is 0 Å². The fourth-order valence-electron chi connectivity index (χ4n) is 3.63. The van der Waals surface area contributed by atoms with Crippen molar-refractivity contribution in [2.45, 2.75) is 64.3 Å². The highest BCUT2D eigenvalue weighted by Gasteiger charge is 2.25. The number of hydrogen-bond acceptors (Lipinski definition) is 8. The van der Waals surface area contributed by atoms with Crippen LogP contribution in [0.2, 0.25) is 0 Å². The third-order valence-corrected chi connectivity index (χ3v) is 6.37. The van der Waals surface area contributed by atoms with Gasteiger partial charge in [-0.15, -0.1) is 11.3 Å². The van der Waals surface area contributed by atoms with Crippen LogP contribution < -0.4 is 5.32 Å². The van der Waals surface area contributed by atoms with E-state index in [9.17, 15) is 14.4 Å². The number of aliphatic carboxylic acids is 1. The van der Waals surface area contributed by atoms with Crippen LogP contribution in [0.15, 0.2) is 0 Å². The molecule has 1 heterocycles. The minimum atomic E-state index is -1.02. The van der Waals surface area contributed by atoms with Crippen LogP contribution in [0.4, 0.5) is 5.13 Å². The molecule has 0 unspecified atom stereocenters. The number of carboxylic acid groups (broad SMARTS) is 1. The molecular formula is C22H35N3O6S. The van der Waals surface area contributed by atoms with Gasteiger partial charge in [0.1, 0.15) is 12.4 Å². The Morgan fingerprint density at radius 3 is 2.72 bits per heavy atom. The first kappa shape index (κ1) is 26.4. The van der Waals surface area contributed by atoms with Gasteiger partial charge < -0.3 is 24.8 Å². The Labute approximate surface area is 193 Å². The zero-order valence-electron chi connectivity index (χ0n) is 19.1. The van der Waals surface area contributed by atoms with Gasteiger partial charge in [-0.05, 0) is 45.7 Å². The highest BCUT2D eigenvalue weighted by Crippen LogP contribution is 2.31. The molecule has 1 atom stereocenters. The Morgan fingerprint density at radius 2 is 1.97 bits per heavy atom. The molecule has 2 rings (SSSR count). The fourth-order valence-corrected chi connectivity index (χ4v) is 4.73. The number of nitrogens with zero attached hydrogens (tertiary/aromatic N) is 2. The van der Waals surface area contributed by atoms with Gasteiger partial charge in [0.25, 0.3) is 0 Å². The van der Waals surface area contributed by atoms with E-state index in [1.165, 1.54) is 4.88 Å². The highest BCUT2D eigenvalue weighted by molar-refractivity contribution is 7.15. The normalized spacial score (nSPS) is 15.5. The maximum Gasteiger partial charge on any atom is 0.329 e. The number of hydrogen-bond donors (Lipinski definition) is 2. The minimum Gasteiger partial charge on any atom is -0.480 e. The fraction of sp³-hybridized carbons (Fsp3) is 0.727. The zero-order chi connectivity index (χ0) is 23.3. The van der Waals surface area contributed by atoms with Crippen LogP contribution in [0.5, 0.6) is 0 Å². The summed E-state index contributed by atoms with van der Waals surface area (Å²) in [4.78, 5) is 42.7. The number of carbonyl (C=O) groups is 3. The second-order valence-electron chi connectivity index (χ2n) is 8.02. The molecule has 10 heteroatoms. The quantitative estimate of drug-likeness (QED) is 0.355. The lowest BCUT2D eigenvalue weighted by Gasteiger charge is -2.30. The van der Waals surface area contributed by atoms with Gasteiger partial charge in [0.2, 0.25) is 5.91 Å². The smallest absolute Gasteiger partial charge is 0.329 e. The van der Waals surface area contributed by atoms with Gasteiger partial charge >= 0.3 is 5.97 Å². The van der Waals surface area contributed by atoms with E-state index in [-0.39, 0.29) is 44.4 Å². The average Bonchev–Trinajstić information content (AvgIpc) is 3.15. The first-order valence-electron chi connectivity index (χ1n) is 11.3. The second kappa shape index (κ2) is 14.3. The van der Waals surface area contributed by atoms with Crippen LogP contribution in [-0.4, -0.2) is 78.7 Å². The van der Waals surface area contributed by atoms with E-state index in [4.69, 9.17) is 14.6 Å². The van der Waals surface area contributed by atoms with E-state index >= 15 is 0 Å². The van der Waals surface area contributed by atoms with Crippen molar-refractivity contribution in [2.24, 2.45) is 0 Å². The lowest BCUT2D eigenvalue weighted by atomic mass is 9.96. The van der Waals surface area contributed by atoms with Gasteiger partial charge in [0.15, 0.2) is 5.13 Å². The van der Waals surface area contributed by atoms with E-state index in [1.807, 2.05) is 0 Å². The molecule has 0 aliphatic heterocycles. The van der Waals surface area contributed by atoms with Gasteiger partial charge in [-0.2, -0.15) is 0 Å². The molecular weight excluding hydrogens is 434 g/mol. The zero-order valence-corrected chi connectivity index (χ0v) is 19.9. The van der Waals surface area contributed by atoms with Crippen molar-refractivity contribution in [2.75, 3.05) is 45.3 Å². The topological polar surface area (TPSA) is 118 Å². The van der Waals surface area contributed by atoms with E-state index < -0.39 is 5.97 Å². The Kier molecular flexibility index (Phi) is 11.8. The van der Waals surface area contributed by atoms with E-state index in [0.717, 1.165) is 37.9 Å². The van der Waals surface area contributed by atoms with Crippen molar-refractivity contribution in [3.05, 3.63) is 10.6 Å². The summed E-state index contributed by atoms with van der Waals surface area (Å²) in [5.74, 6) is -1.18. The summed E-state index contributed by atoms with van der Waals surface area (Å²) in [5.41, 5.74) is 1.09. The summed E-state index contributed by atoms with van der Waals surface area (Å²) < 4.78 is 10.1. The number of carbonyl (C=O) groups excluding carboxylic acids is 2. The molecule has 1 aliphatic rings. The maximum atomic E-state index is 12.2. The largest absolute Gasteiger partial charge is 0.480 e. The lowest BCUT2D eigenvalue weighted by Crippen LogP contribution is -2.36. The number of rotatable bonds is 16. The van der Waals surface area contributed by atoms with Gasteiger partial charge in [0.05, 0.1) is 18.9 Å². The van der Waals surface area contributed by atoms with Crippen LogP contribution >= 0.6 is 11.3 Å². The van der Waals surface area contributed by atoms with Crippen molar-refractivity contribution in [3.8, 4) is 0 Å². The molecule has 0 radical (unpaired) electrons. The molecule has 1 aromatic rings. The summed E-state index contributed by atoms with van der Waals surface area (Å²) >= 11 is 1.55. The molecule has 32 heavy (non-hydrogen) atoms. The van der Waals surface area contributed by atoms with Gasteiger partial charge in [-0.3, -0.25) is 9.59 Å². The number of fused-ring (bicyclic) bond motifs is 1. The highest BCUT2D eigenvalue weighted by atomic mass is 32.1. The van der Waals surface area contributed by atoms with Crippen molar-refractivity contribution in [1.29, 1.82) is 0 Å². The number of carboxylic acids is 1. The molecule has 2 N–H and O–H groups in total. The summed E-state index contributed by atoms with van der Waals surface area (Å²) in [5, 5.41) is 11.9. The second-order valence-corrected chi connectivity index (χ2v) is 9.10. The van der Waals surface area contributed by atoms with E-state index in [1.54, 1.807) is 11.3 Å². The van der Waals surface area contributed by atoms with Crippen LogP contribution in [0.3, 0.4) is 0 Å². The lowest BCUT2D eigenvalue weighted by molar-refractivity contribution is -0.142. The van der Waals surface area contributed by atoms with E-state index in [2.05, 4.69) is 29.2 Å². The Balaban J connectivity index is 1.59. The number of ketones is 1. The maximum absolute atomic E-state index is 12.2. The Morgan fingerprint density at radius 1 is 1.19 bits per heavy atom. The minimum absolute atomic E-state index is 0.0195. The number of Topliss-reactive ketones (excluding diaryl/α,β-unsaturated/α-hetero) is 1. The number of aryl methyl sites for hydroxylation is 1. The van der Waals surface area contributed by atoms with Crippen molar-refractivity contribution >= 4 is 34.1 Å². The third kappa shape index (κ3) is 9.72. The summed E-state index contributed by atoms with van der Waals surface area (Å²) in [6.45, 7) is 3.82. The van der Waals surface area contributed by atoms with Gasteiger partial charge in [0, 0.05) is 36.8 Å². The summed E-state index contributed by atoms with van der Waals surface area (Å²) in [6, 6.07) is 0.533. The van der Waals surface area contributed by atoms with Crippen LogP contribution in [0, 0.1) is 0 Å². The predicted molar refractivity (Wildman–Crippen MR) is 122 cm³/mol. The molecule has 0 aromatic carbocycles. The molecule has 0 saturated heterocycles. The number of anilines is 1. The number of thiazole rings is 1. The molecule has 1 amide bonds. The Hall–Kier alpha value is -1.88. The first-order chi connectivity index (χ1) is 15.4. The molecule has 0 fully saturated rings. The molecule has 1 aromatic heterocycles. The molecule has 1 aliphatic carbocycles. The number of aromatic nitrogens is 1. The van der Waals surface area contributed by atoms with Gasteiger partial charge in [-0.1, -0.05) is 6.92 Å². The van der Waals surface area contributed by atoms with Crippen molar-refractivity contribution < 1.29 is 29.0 Å². The number of ether oxygens (including phenoxy) is 2. The first-order valence-corrected chi connectivity index (χ1v) is 12.1.